The summed E-state index contributed by atoms with van der Waals surface area (Å²) in [6.07, 6.45) is 6.79. The number of nitrogens with two attached hydrogens (primary N) is 1. The molecular weight excluding hydrogens is 218 g/mol. The van der Waals surface area contributed by atoms with Crippen LogP contribution in [-0.4, -0.2) is 6.54 Å². The molecule has 0 unspecified atom stereocenters. The summed E-state index contributed by atoms with van der Waals surface area (Å²) in [6, 6.07) is 8.26. The third-order valence-corrected chi connectivity index (χ3v) is 4.90. The molecule has 2 heteroatoms. The molecule has 2 fully saturated rings. The predicted molar refractivity (Wildman–Crippen MR) is 67.7 cm³/mol. The van der Waals surface area contributed by atoms with Crippen molar-refractivity contribution < 1.29 is 0 Å². The smallest absolute Gasteiger partial charge is 0.0408 e. The van der Waals surface area contributed by atoms with Gasteiger partial charge < -0.3 is 5.73 Å². The second-order valence-electron chi connectivity index (χ2n) is 5.70. The molecule has 0 bridgehead atoms. The van der Waals surface area contributed by atoms with Crippen molar-refractivity contribution in [1.29, 1.82) is 0 Å². The lowest BCUT2D eigenvalue weighted by Gasteiger charge is -2.61. The molecule has 0 aromatic heterocycles. The molecule has 86 valence electrons. The minimum absolute atomic E-state index is 0.228. The Hall–Kier alpha value is -0.530. The molecule has 0 radical (unpaired) electrons. The van der Waals surface area contributed by atoms with E-state index in [9.17, 15) is 0 Å². The van der Waals surface area contributed by atoms with Gasteiger partial charge in [0.1, 0.15) is 0 Å². The van der Waals surface area contributed by atoms with Crippen LogP contribution in [0.5, 0.6) is 0 Å². The first kappa shape index (κ1) is 10.6. The molecule has 0 atom stereocenters. The molecule has 0 saturated heterocycles. The van der Waals surface area contributed by atoms with Crippen molar-refractivity contribution in [3.63, 3.8) is 0 Å². The van der Waals surface area contributed by atoms with E-state index >= 15 is 0 Å². The van der Waals surface area contributed by atoms with E-state index in [2.05, 4.69) is 12.1 Å². The largest absolute Gasteiger partial charge is 0.330 e. The van der Waals surface area contributed by atoms with Crippen LogP contribution in [0.4, 0.5) is 0 Å². The number of rotatable bonds is 2. The second kappa shape index (κ2) is 3.48. The van der Waals surface area contributed by atoms with E-state index in [0.717, 1.165) is 11.6 Å². The van der Waals surface area contributed by atoms with Crippen molar-refractivity contribution in [3.05, 3.63) is 34.9 Å². The summed E-state index contributed by atoms with van der Waals surface area (Å²) in [5.74, 6) is 0. The average Bonchev–Trinajstić information content (AvgIpc) is 2.15. The summed E-state index contributed by atoms with van der Waals surface area (Å²) in [7, 11) is 0. The molecule has 1 aromatic rings. The maximum atomic E-state index is 6.07. The Kier molecular flexibility index (Phi) is 2.31. The molecule has 1 spiro atoms. The Bertz CT molecular complexity index is 401. The van der Waals surface area contributed by atoms with E-state index in [-0.39, 0.29) is 5.41 Å². The lowest BCUT2D eigenvalue weighted by molar-refractivity contribution is -0.0446. The monoisotopic (exact) mass is 235 g/mol. The van der Waals surface area contributed by atoms with Crippen molar-refractivity contribution in [2.45, 2.75) is 37.5 Å². The van der Waals surface area contributed by atoms with Gasteiger partial charge in [0.2, 0.25) is 0 Å². The summed E-state index contributed by atoms with van der Waals surface area (Å²) in [5.41, 5.74) is 8.24. The van der Waals surface area contributed by atoms with Gasteiger partial charge >= 0.3 is 0 Å². The fourth-order valence-corrected chi connectivity index (χ4v) is 3.89. The van der Waals surface area contributed by atoms with E-state index in [1.807, 2.05) is 12.1 Å². The normalized spacial score (nSPS) is 24.9. The maximum absolute atomic E-state index is 6.07. The topological polar surface area (TPSA) is 26.0 Å². The Morgan fingerprint density at radius 2 is 2.00 bits per heavy atom. The van der Waals surface area contributed by atoms with Gasteiger partial charge in [0, 0.05) is 17.0 Å². The van der Waals surface area contributed by atoms with Crippen LogP contribution < -0.4 is 5.73 Å². The molecule has 2 aliphatic carbocycles. The minimum Gasteiger partial charge on any atom is -0.330 e. The Morgan fingerprint density at radius 3 is 2.50 bits per heavy atom. The van der Waals surface area contributed by atoms with Crippen molar-refractivity contribution in [2.24, 2.45) is 11.1 Å². The average molecular weight is 236 g/mol. The van der Waals surface area contributed by atoms with Crippen LogP contribution >= 0.6 is 11.6 Å². The number of hydrogen-bond donors (Lipinski definition) is 1. The Labute approximate surface area is 102 Å². The van der Waals surface area contributed by atoms with Gasteiger partial charge in [0.15, 0.2) is 0 Å². The van der Waals surface area contributed by atoms with Crippen LogP contribution in [0.3, 0.4) is 0 Å². The van der Waals surface area contributed by atoms with E-state index in [4.69, 9.17) is 17.3 Å². The Balaban J connectivity index is 1.87. The molecule has 2 saturated carbocycles. The zero-order valence-corrected chi connectivity index (χ0v) is 10.3. The molecule has 1 nitrogen and oxygen atoms in total. The number of hydrogen-bond acceptors (Lipinski definition) is 1. The van der Waals surface area contributed by atoms with Crippen molar-refractivity contribution in [1.82, 2.24) is 0 Å². The lowest BCUT2D eigenvalue weighted by atomic mass is 9.44. The highest BCUT2D eigenvalue weighted by molar-refractivity contribution is 6.30. The van der Waals surface area contributed by atoms with Gasteiger partial charge in [-0.05, 0) is 48.8 Å². The summed E-state index contributed by atoms with van der Waals surface area (Å²) >= 11 is 6.07. The summed E-state index contributed by atoms with van der Waals surface area (Å²) in [5, 5.41) is 0.833. The predicted octanol–water partition coefficient (Wildman–Crippen LogP) is 3.50. The number of halogens is 1. The first-order valence-electron chi connectivity index (χ1n) is 6.14. The van der Waals surface area contributed by atoms with Gasteiger partial charge in [0.05, 0.1) is 0 Å². The van der Waals surface area contributed by atoms with Crippen LogP contribution in [0.2, 0.25) is 5.02 Å². The SMILES string of the molecule is NCC1(c2cccc(Cl)c2)CC2(CCC2)C1. The van der Waals surface area contributed by atoms with Crippen LogP contribution in [-0.2, 0) is 5.41 Å². The third-order valence-electron chi connectivity index (χ3n) is 4.67. The molecule has 16 heavy (non-hydrogen) atoms. The number of benzene rings is 1. The highest BCUT2D eigenvalue weighted by Gasteiger charge is 2.56. The zero-order valence-electron chi connectivity index (χ0n) is 9.51. The standard InChI is InChI=1S/C14H18ClN/c15-12-4-1-3-11(7-12)14(10-16)8-13(9-14)5-2-6-13/h1,3-4,7H,2,5-6,8-10,16H2. The van der Waals surface area contributed by atoms with E-state index in [1.165, 1.54) is 37.7 Å². The first-order chi connectivity index (χ1) is 7.68. The fraction of sp³-hybridized carbons (Fsp3) is 0.571. The molecule has 0 aliphatic heterocycles. The van der Waals surface area contributed by atoms with Gasteiger partial charge in [-0.2, -0.15) is 0 Å². The van der Waals surface area contributed by atoms with Gasteiger partial charge in [-0.15, -0.1) is 0 Å². The van der Waals surface area contributed by atoms with Crippen LogP contribution in [0.25, 0.3) is 0 Å². The van der Waals surface area contributed by atoms with Crippen LogP contribution in [0.1, 0.15) is 37.7 Å². The molecule has 2 aliphatic rings. The first-order valence-corrected chi connectivity index (χ1v) is 6.52. The van der Waals surface area contributed by atoms with Gasteiger partial charge in [0.25, 0.3) is 0 Å². The molecular formula is C14H18ClN. The summed E-state index contributed by atoms with van der Waals surface area (Å²) < 4.78 is 0. The minimum atomic E-state index is 0.228. The van der Waals surface area contributed by atoms with Gasteiger partial charge in [-0.1, -0.05) is 30.2 Å². The van der Waals surface area contributed by atoms with E-state index < -0.39 is 0 Å². The lowest BCUT2D eigenvalue weighted by Crippen LogP contribution is -2.56. The molecule has 3 rings (SSSR count). The van der Waals surface area contributed by atoms with E-state index in [1.54, 1.807) is 0 Å². The Morgan fingerprint density at radius 1 is 1.25 bits per heavy atom. The van der Waals surface area contributed by atoms with Crippen molar-refractivity contribution >= 4 is 11.6 Å². The third kappa shape index (κ3) is 1.42. The van der Waals surface area contributed by atoms with Crippen molar-refractivity contribution in [2.75, 3.05) is 6.54 Å². The van der Waals surface area contributed by atoms with E-state index in [0.29, 0.717) is 5.41 Å². The summed E-state index contributed by atoms with van der Waals surface area (Å²) in [6.45, 7) is 0.759. The highest BCUT2D eigenvalue weighted by Crippen LogP contribution is 2.64. The maximum Gasteiger partial charge on any atom is 0.0408 e. The van der Waals surface area contributed by atoms with Crippen LogP contribution in [0, 0.1) is 5.41 Å². The summed E-state index contributed by atoms with van der Waals surface area (Å²) in [4.78, 5) is 0. The van der Waals surface area contributed by atoms with Gasteiger partial charge in [-0.3, -0.25) is 0 Å². The van der Waals surface area contributed by atoms with Gasteiger partial charge in [-0.25, -0.2) is 0 Å². The molecule has 1 aromatic carbocycles. The fourth-order valence-electron chi connectivity index (χ4n) is 3.70. The van der Waals surface area contributed by atoms with Crippen molar-refractivity contribution in [3.8, 4) is 0 Å². The molecule has 0 heterocycles. The molecule has 0 amide bonds. The second-order valence-corrected chi connectivity index (χ2v) is 6.14. The van der Waals surface area contributed by atoms with Crippen LogP contribution in [0.15, 0.2) is 24.3 Å². The quantitative estimate of drug-likeness (QED) is 0.834. The highest BCUT2D eigenvalue weighted by atomic mass is 35.5. The molecule has 2 N–H and O–H groups in total. The zero-order chi connectivity index (χ0) is 11.2.